The molecule has 2 atom stereocenters. The molecule has 1 heterocycles. The molecule has 18 heavy (non-hydrogen) atoms. The molecule has 1 unspecified atom stereocenters. The van der Waals surface area contributed by atoms with E-state index in [1.54, 1.807) is 6.07 Å². The van der Waals surface area contributed by atoms with E-state index in [0.717, 1.165) is 11.3 Å². The lowest BCUT2D eigenvalue weighted by atomic mass is 10.0. The molecule has 0 bridgehead atoms. The van der Waals surface area contributed by atoms with Crippen molar-refractivity contribution in [2.45, 2.75) is 30.5 Å². The van der Waals surface area contributed by atoms with Gasteiger partial charge >= 0.3 is 0 Å². The van der Waals surface area contributed by atoms with Gasteiger partial charge in [-0.15, -0.1) is 15.7 Å². The number of nitrogens with two attached hydrogens (primary N) is 2. The van der Waals surface area contributed by atoms with Crippen molar-refractivity contribution in [3.8, 4) is 0 Å². The first-order valence-corrected chi connectivity index (χ1v) is 8.09. The van der Waals surface area contributed by atoms with Gasteiger partial charge in [0.05, 0.1) is 10.4 Å². The van der Waals surface area contributed by atoms with Crippen LogP contribution in [0.5, 0.6) is 0 Å². The molecule has 0 aliphatic carbocycles. The molecule has 0 fully saturated rings. The summed E-state index contributed by atoms with van der Waals surface area (Å²) in [5.41, 5.74) is 5.66. The Morgan fingerprint density at radius 3 is 2.61 bits per heavy atom. The molecule has 0 saturated carbocycles. The largest absolute Gasteiger partial charge is 0.320 e. The summed E-state index contributed by atoms with van der Waals surface area (Å²) in [6.45, 7) is 3.87. The van der Waals surface area contributed by atoms with Crippen LogP contribution in [-0.2, 0) is 14.7 Å². The highest BCUT2D eigenvalue weighted by molar-refractivity contribution is 7.93. The minimum atomic E-state index is -3.24. The molecule has 1 amide bonds. The number of carbonyl (C=O) groups is 1. The van der Waals surface area contributed by atoms with Gasteiger partial charge in [0.25, 0.3) is 5.91 Å². The third kappa shape index (κ3) is 4.33. The van der Waals surface area contributed by atoms with Crippen molar-refractivity contribution in [3.63, 3.8) is 0 Å². The maximum atomic E-state index is 12.1. The number of hydrogen-bond donors (Lipinski definition) is 2. The highest BCUT2D eigenvalue weighted by Gasteiger charge is 2.18. The standard InChI is InChI=1S/C10H16ClN3O2S2/c1-6(2)5-7(12)10(15)14-18(13,16)9-4-3-8(11)17-9/h3-4,6-7H,5,12H2,1-2H3,(H2,13,14,15,16)/t7-,18?/m0/s1. The zero-order chi connectivity index (χ0) is 13.9. The van der Waals surface area contributed by atoms with Gasteiger partial charge in [-0.3, -0.25) is 4.79 Å². The first-order chi connectivity index (χ1) is 8.22. The smallest absolute Gasteiger partial charge is 0.271 e. The molecule has 0 aliphatic rings. The van der Waals surface area contributed by atoms with Crippen molar-refractivity contribution >= 4 is 38.8 Å². The molecular weight excluding hydrogens is 294 g/mol. The molecule has 8 heteroatoms. The first kappa shape index (κ1) is 15.6. The van der Waals surface area contributed by atoms with E-state index >= 15 is 0 Å². The second-order valence-electron chi connectivity index (χ2n) is 4.29. The molecule has 5 nitrogen and oxygen atoms in total. The van der Waals surface area contributed by atoms with Crippen molar-refractivity contribution < 1.29 is 9.00 Å². The minimum Gasteiger partial charge on any atom is -0.320 e. The Hall–Kier alpha value is -0.470. The summed E-state index contributed by atoms with van der Waals surface area (Å²) < 4.78 is 16.3. The Kier molecular flexibility index (Phi) is 5.30. The number of carbonyl (C=O) groups excluding carboxylic acids is 1. The van der Waals surface area contributed by atoms with E-state index in [-0.39, 0.29) is 10.1 Å². The Bertz CT molecular complexity index is 547. The predicted octanol–water partition coefficient (Wildman–Crippen LogP) is 2.00. The summed E-state index contributed by atoms with van der Waals surface area (Å²) >= 11 is 6.76. The SMILES string of the molecule is CC(C)C[C@H](N)C(=O)N=S(N)(=O)c1ccc(Cl)s1. The van der Waals surface area contributed by atoms with Crippen LogP contribution in [-0.4, -0.2) is 16.2 Å². The average Bonchev–Trinajstić information content (AvgIpc) is 2.63. The van der Waals surface area contributed by atoms with Crippen LogP contribution in [0.3, 0.4) is 0 Å². The van der Waals surface area contributed by atoms with Crippen LogP contribution >= 0.6 is 22.9 Å². The molecule has 4 N–H and O–H groups in total. The summed E-state index contributed by atoms with van der Waals surface area (Å²) in [6.07, 6.45) is 0.475. The van der Waals surface area contributed by atoms with Crippen molar-refractivity contribution in [1.29, 1.82) is 0 Å². The van der Waals surface area contributed by atoms with Crippen LogP contribution in [0.2, 0.25) is 4.34 Å². The normalized spacial score (nSPS) is 16.3. The van der Waals surface area contributed by atoms with Gasteiger partial charge < -0.3 is 5.73 Å². The zero-order valence-electron chi connectivity index (χ0n) is 10.1. The predicted molar refractivity (Wildman–Crippen MR) is 74.8 cm³/mol. The van der Waals surface area contributed by atoms with Gasteiger partial charge in [-0.05, 0) is 24.5 Å². The number of hydrogen-bond acceptors (Lipinski definition) is 4. The number of rotatable bonds is 4. The molecule has 1 aromatic heterocycles. The van der Waals surface area contributed by atoms with Gasteiger partial charge in [0.15, 0.2) is 9.92 Å². The molecule has 1 aromatic rings. The molecule has 0 spiro atoms. The molecular formula is C10H16ClN3O2S2. The lowest BCUT2D eigenvalue weighted by Gasteiger charge is -2.10. The Labute approximate surface area is 116 Å². The zero-order valence-corrected chi connectivity index (χ0v) is 12.5. The van der Waals surface area contributed by atoms with Crippen molar-refractivity contribution in [1.82, 2.24) is 0 Å². The summed E-state index contributed by atoms with van der Waals surface area (Å²) in [7, 11) is -3.24. The second kappa shape index (κ2) is 6.12. The molecule has 0 aliphatic heterocycles. The van der Waals surface area contributed by atoms with E-state index in [9.17, 15) is 9.00 Å². The van der Waals surface area contributed by atoms with E-state index in [1.165, 1.54) is 6.07 Å². The molecule has 1 rings (SSSR count). The van der Waals surface area contributed by atoms with Crippen LogP contribution in [0.1, 0.15) is 20.3 Å². The third-order valence-electron chi connectivity index (χ3n) is 2.10. The number of nitrogens with zero attached hydrogens (tertiary/aromatic N) is 1. The van der Waals surface area contributed by atoms with Crippen LogP contribution < -0.4 is 10.9 Å². The Morgan fingerprint density at radius 1 is 1.56 bits per heavy atom. The fourth-order valence-corrected chi connectivity index (χ4v) is 3.84. The minimum absolute atomic E-state index is 0.254. The Morgan fingerprint density at radius 2 is 2.17 bits per heavy atom. The lowest BCUT2D eigenvalue weighted by molar-refractivity contribution is -0.119. The average molecular weight is 310 g/mol. The van der Waals surface area contributed by atoms with Crippen molar-refractivity contribution in [2.75, 3.05) is 0 Å². The summed E-state index contributed by atoms with van der Waals surface area (Å²) in [6, 6.07) is 2.28. The first-order valence-electron chi connectivity index (χ1n) is 5.32. The van der Waals surface area contributed by atoms with Crippen molar-refractivity contribution in [3.05, 3.63) is 16.5 Å². The second-order valence-corrected chi connectivity index (χ2v) is 8.03. The van der Waals surface area contributed by atoms with E-state index in [0.29, 0.717) is 10.8 Å². The Balaban J connectivity index is 2.94. The number of thiophene rings is 1. The van der Waals surface area contributed by atoms with Gasteiger partial charge in [-0.2, -0.15) is 0 Å². The quantitative estimate of drug-likeness (QED) is 0.889. The fraction of sp³-hybridized carbons (Fsp3) is 0.500. The number of halogens is 1. The fourth-order valence-electron chi connectivity index (χ4n) is 1.31. The van der Waals surface area contributed by atoms with E-state index < -0.39 is 21.9 Å². The van der Waals surface area contributed by atoms with Gasteiger partial charge in [0, 0.05) is 0 Å². The van der Waals surface area contributed by atoms with Crippen molar-refractivity contribution in [2.24, 2.45) is 21.2 Å². The van der Waals surface area contributed by atoms with Gasteiger partial charge in [0.2, 0.25) is 0 Å². The molecule has 0 radical (unpaired) electrons. The van der Waals surface area contributed by atoms with Crippen LogP contribution in [0, 0.1) is 5.92 Å². The lowest BCUT2D eigenvalue weighted by Crippen LogP contribution is -2.32. The maximum absolute atomic E-state index is 12.1. The highest BCUT2D eigenvalue weighted by Crippen LogP contribution is 2.25. The topological polar surface area (TPSA) is 98.5 Å². The van der Waals surface area contributed by atoms with E-state index in [4.69, 9.17) is 22.5 Å². The monoisotopic (exact) mass is 309 g/mol. The molecule has 0 saturated heterocycles. The van der Waals surface area contributed by atoms with E-state index in [1.807, 2.05) is 13.8 Å². The highest BCUT2D eigenvalue weighted by atomic mass is 35.5. The van der Waals surface area contributed by atoms with Crippen LogP contribution in [0.15, 0.2) is 20.7 Å². The van der Waals surface area contributed by atoms with Gasteiger partial charge in [-0.25, -0.2) is 9.35 Å². The summed E-state index contributed by atoms with van der Waals surface area (Å²) in [5, 5.41) is 5.56. The molecule has 0 aromatic carbocycles. The van der Waals surface area contributed by atoms with Crippen LogP contribution in [0.25, 0.3) is 0 Å². The third-order valence-corrected chi connectivity index (χ3v) is 5.26. The molecule has 102 valence electrons. The van der Waals surface area contributed by atoms with Crippen LogP contribution in [0.4, 0.5) is 0 Å². The maximum Gasteiger partial charge on any atom is 0.271 e. The number of amides is 1. The summed E-state index contributed by atoms with van der Waals surface area (Å²) in [4.78, 5) is 11.7. The van der Waals surface area contributed by atoms with Gasteiger partial charge in [0.1, 0.15) is 4.21 Å². The van der Waals surface area contributed by atoms with Gasteiger partial charge in [-0.1, -0.05) is 25.4 Å². The summed E-state index contributed by atoms with van der Waals surface area (Å²) in [5.74, 6) is -0.384. The van der Waals surface area contributed by atoms with E-state index in [2.05, 4.69) is 4.36 Å².